The zero-order valence-electron chi connectivity index (χ0n) is 11.2. The second kappa shape index (κ2) is 5.99. The van der Waals surface area contributed by atoms with Gasteiger partial charge in [0.05, 0.1) is 0 Å². The molecule has 0 spiro atoms. The molecule has 1 N–H and O–H groups in total. The van der Waals surface area contributed by atoms with Gasteiger partial charge in [0.25, 0.3) is 0 Å². The zero-order chi connectivity index (χ0) is 13.9. The minimum absolute atomic E-state index is 0.204. The number of hydrogen-bond donors (Lipinski definition) is 1. The fraction of sp³-hybridized carbons (Fsp3) is 0.909. The number of carboxylic acid groups (broad SMARTS) is 1. The molecule has 1 fully saturated rings. The Morgan fingerprint density at radius 2 is 2.00 bits per heavy atom. The van der Waals surface area contributed by atoms with Gasteiger partial charge >= 0.3 is 5.97 Å². The molecule has 18 heavy (non-hydrogen) atoms. The van der Waals surface area contributed by atoms with Gasteiger partial charge in [0.15, 0.2) is 5.25 Å². The Bertz CT molecular complexity index is 392. The van der Waals surface area contributed by atoms with Crippen molar-refractivity contribution in [2.45, 2.75) is 38.5 Å². The molecule has 1 rings (SSSR count). The van der Waals surface area contributed by atoms with Crippen molar-refractivity contribution in [1.82, 2.24) is 9.21 Å². The van der Waals surface area contributed by atoms with Gasteiger partial charge in [-0.15, -0.1) is 0 Å². The first kappa shape index (κ1) is 15.4. The van der Waals surface area contributed by atoms with E-state index in [9.17, 15) is 13.2 Å². The van der Waals surface area contributed by atoms with Gasteiger partial charge in [-0.3, -0.25) is 9.69 Å². The van der Waals surface area contributed by atoms with Crippen LogP contribution in [0.25, 0.3) is 0 Å². The summed E-state index contributed by atoms with van der Waals surface area (Å²) >= 11 is 0. The van der Waals surface area contributed by atoms with E-state index in [0.717, 1.165) is 19.5 Å². The van der Waals surface area contributed by atoms with Crippen LogP contribution in [0.3, 0.4) is 0 Å². The van der Waals surface area contributed by atoms with Crippen molar-refractivity contribution in [3.8, 4) is 0 Å². The zero-order valence-corrected chi connectivity index (χ0v) is 12.0. The Morgan fingerprint density at radius 3 is 2.44 bits per heavy atom. The van der Waals surface area contributed by atoms with E-state index in [4.69, 9.17) is 5.11 Å². The summed E-state index contributed by atoms with van der Waals surface area (Å²) in [6.45, 7) is 7.89. The fourth-order valence-corrected chi connectivity index (χ4v) is 3.77. The summed E-state index contributed by atoms with van der Waals surface area (Å²) in [5.74, 6) is -1.29. The second-order valence-corrected chi connectivity index (χ2v) is 6.80. The largest absolute Gasteiger partial charge is 0.480 e. The molecule has 2 atom stereocenters. The number of carbonyl (C=O) groups is 1. The van der Waals surface area contributed by atoms with Crippen LogP contribution in [-0.4, -0.2) is 66.2 Å². The topological polar surface area (TPSA) is 77.9 Å². The molecule has 7 heteroatoms. The van der Waals surface area contributed by atoms with Gasteiger partial charge in [-0.2, -0.15) is 4.31 Å². The van der Waals surface area contributed by atoms with Crippen molar-refractivity contribution in [2.75, 3.05) is 26.2 Å². The number of nitrogens with zero attached hydrogens (tertiary/aromatic N) is 2. The highest BCUT2D eigenvalue weighted by Crippen LogP contribution is 2.21. The van der Waals surface area contributed by atoms with E-state index < -0.39 is 21.2 Å². The van der Waals surface area contributed by atoms with Crippen molar-refractivity contribution in [1.29, 1.82) is 0 Å². The molecule has 2 unspecified atom stereocenters. The van der Waals surface area contributed by atoms with Crippen molar-refractivity contribution < 1.29 is 18.3 Å². The van der Waals surface area contributed by atoms with E-state index in [0.29, 0.717) is 13.1 Å². The summed E-state index contributed by atoms with van der Waals surface area (Å²) in [5, 5.41) is 7.46. The quantitative estimate of drug-likeness (QED) is 0.751. The van der Waals surface area contributed by atoms with E-state index in [1.54, 1.807) is 0 Å². The van der Waals surface area contributed by atoms with Gasteiger partial charge < -0.3 is 5.11 Å². The average Bonchev–Trinajstić information content (AvgIpc) is 2.79. The summed E-state index contributed by atoms with van der Waals surface area (Å²) in [5.41, 5.74) is 0. The molecule has 106 valence electrons. The van der Waals surface area contributed by atoms with Crippen molar-refractivity contribution in [2.24, 2.45) is 0 Å². The minimum atomic E-state index is -3.71. The van der Waals surface area contributed by atoms with Gasteiger partial charge in [-0.05, 0) is 26.4 Å². The Labute approximate surface area is 109 Å². The van der Waals surface area contributed by atoms with Gasteiger partial charge in [0, 0.05) is 19.1 Å². The van der Waals surface area contributed by atoms with Crippen LogP contribution < -0.4 is 0 Å². The van der Waals surface area contributed by atoms with E-state index >= 15 is 0 Å². The number of likely N-dealkylation sites (N-methyl/N-ethyl adjacent to an activating group) is 1. The lowest BCUT2D eigenvalue weighted by atomic mass is 10.2. The molecule has 1 aliphatic rings. The van der Waals surface area contributed by atoms with Gasteiger partial charge in [-0.25, -0.2) is 8.42 Å². The Morgan fingerprint density at radius 1 is 1.44 bits per heavy atom. The van der Waals surface area contributed by atoms with Crippen LogP contribution >= 0.6 is 0 Å². The molecule has 0 amide bonds. The van der Waals surface area contributed by atoms with Crippen molar-refractivity contribution >= 4 is 16.0 Å². The predicted molar refractivity (Wildman–Crippen MR) is 68.9 cm³/mol. The van der Waals surface area contributed by atoms with E-state index in [2.05, 4.69) is 4.90 Å². The first-order valence-corrected chi connectivity index (χ1v) is 7.80. The highest BCUT2D eigenvalue weighted by molar-refractivity contribution is 7.90. The second-order valence-electron chi connectivity index (χ2n) is 4.55. The van der Waals surface area contributed by atoms with E-state index in [1.165, 1.54) is 11.2 Å². The molecule has 0 aliphatic carbocycles. The highest BCUT2D eigenvalue weighted by Gasteiger charge is 2.39. The smallest absolute Gasteiger partial charge is 0.323 e. The molecule has 0 bridgehead atoms. The third-order valence-corrected chi connectivity index (χ3v) is 5.76. The average molecular weight is 278 g/mol. The molecule has 1 saturated heterocycles. The molecule has 0 aromatic carbocycles. The highest BCUT2D eigenvalue weighted by atomic mass is 32.2. The van der Waals surface area contributed by atoms with Crippen LogP contribution in [0.15, 0.2) is 0 Å². The normalized spacial score (nSPS) is 23.4. The lowest BCUT2D eigenvalue weighted by Crippen LogP contribution is -2.42. The van der Waals surface area contributed by atoms with Crippen molar-refractivity contribution in [3.63, 3.8) is 0 Å². The van der Waals surface area contributed by atoms with Gasteiger partial charge in [0.2, 0.25) is 10.0 Å². The Kier molecular flexibility index (Phi) is 5.12. The van der Waals surface area contributed by atoms with Crippen LogP contribution in [0.2, 0.25) is 0 Å². The summed E-state index contributed by atoms with van der Waals surface area (Å²) in [4.78, 5) is 13.0. The molecule has 6 nitrogen and oxygen atoms in total. The third kappa shape index (κ3) is 3.02. The first-order valence-electron chi connectivity index (χ1n) is 6.30. The van der Waals surface area contributed by atoms with Gasteiger partial charge in [-0.1, -0.05) is 13.8 Å². The summed E-state index contributed by atoms with van der Waals surface area (Å²) in [7, 11) is -3.71. The first-order chi connectivity index (χ1) is 8.34. The summed E-state index contributed by atoms with van der Waals surface area (Å²) in [6, 6.07) is 0.204. The SMILES string of the molecule is CCN(CC)C1CCN(S(=O)(=O)C(C)C(=O)O)C1. The fourth-order valence-electron chi connectivity index (χ4n) is 2.33. The monoisotopic (exact) mass is 278 g/mol. The van der Waals surface area contributed by atoms with Crippen molar-refractivity contribution in [3.05, 3.63) is 0 Å². The van der Waals surface area contributed by atoms with Crippen LogP contribution in [0.1, 0.15) is 27.2 Å². The van der Waals surface area contributed by atoms with E-state index in [1.807, 2.05) is 13.8 Å². The minimum Gasteiger partial charge on any atom is -0.480 e. The summed E-state index contributed by atoms with van der Waals surface area (Å²) < 4.78 is 25.4. The van der Waals surface area contributed by atoms with Crippen LogP contribution in [-0.2, 0) is 14.8 Å². The van der Waals surface area contributed by atoms with Crippen LogP contribution in [0.4, 0.5) is 0 Å². The van der Waals surface area contributed by atoms with Gasteiger partial charge in [0.1, 0.15) is 0 Å². The number of sulfonamides is 1. The number of hydrogen-bond acceptors (Lipinski definition) is 4. The number of aliphatic carboxylic acids is 1. The third-order valence-electron chi connectivity index (χ3n) is 3.61. The number of rotatable bonds is 6. The molecule has 1 heterocycles. The molecular weight excluding hydrogens is 256 g/mol. The van der Waals surface area contributed by atoms with E-state index in [-0.39, 0.29) is 6.04 Å². The molecule has 0 aromatic heterocycles. The molecular formula is C11H22N2O4S. The number of carboxylic acids is 1. The standard InChI is InChI=1S/C11H22N2O4S/c1-4-12(5-2)10-6-7-13(8-10)18(16,17)9(3)11(14)15/h9-10H,4-8H2,1-3H3,(H,14,15). The Balaban J connectivity index is 2.75. The maximum absolute atomic E-state index is 12.0. The molecule has 0 saturated carbocycles. The molecule has 1 aliphatic heterocycles. The van der Waals surface area contributed by atoms with Crippen LogP contribution in [0.5, 0.6) is 0 Å². The summed E-state index contributed by atoms with van der Waals surface area (Å²) in [6.07, 6.45) is 0.771. The maximum Gasteiger partial charge on any atom is 0.323 e. The Hall–Kier alpha value is -0.660. The predicted octanol–water partition coefficient (Wildman–Crippen LogP) is 0.205. The lowest BCUT2D eigenvalue weighted by molar-refractivity contribution is -0.136. The maximum atomic E-state index is 12.0. The molecule has 0 aromatic rings. The van der Waals surface area contributed by atoms with Crippen LogP contribution in [0, 0.1) is 0 Å². The lowest BCUT2D eigenvalue weighted by Gasteiger charge is -2.26. The molecule has 0 radical (unpaired) electrons.